The van der Waals surface area contributed by atoms with Crippen molar-refractivity contribution in [1.82, 2.24) is 5.43 Å². The van der Waals surface area contributed by atoms with E-state index in [1.165, 1.54) is 25.5 Å². The molecule has 1 amide bonds. The normalized spacial score (nSPS) is 11.5. The van der Waals surface area contributed by atoms with Crippen LogP contribution >= 0.6 is 23.2 Å². The number of methoxy groups -OCH3 is 1. The number of carbonyl (C=O) groups excluding carboxylic acids is 1. The summed E-state index contributed by atoms with van der Waals surface area (Å²) in [5.74, 6) is 0.463. The third-order valence-electron chi connectivity index (χ3n) is 5.45. The first-order valence-electron chi connectivity index (χ1n) is 11.3. The number of anilines is 1. The van der Waals surface area contributed by atoms with Crippen LogP contribution in [0, 0.1) is 6.92 Å². The fourth-order valence-electron chi connectivity index (χ4n) is 3.56. The van der Waals surface area contributed by atoms with Crippen LogP contribution in [0.1, 0.15) is 11.3 Å². The van der Waals surface area contributed by atoms with Crippen LogP contribution in [0.5, 0.6) is 5.75 Å². The Morgan fingerprint density at radius 1 is 1.05 bits per heavy atom. The molecule has 0 saturated carbocycles. The fourth-order valence-corrected chi connectivity index (χ4v) is 5.50. The van der Waals surface area contributed by atoms with Crippen molar-refractivity contribution in [2.24, 2.45) is 5.10 Å². The van der Waals surface area contributed by atoms with Crippen LogP contribution < -0.4 is 14.5 Å². The number of aryl methyl sites for hydroxylation is 1. The van der Waals surface area contributed by atoms with Gasteiger partial charge in [-0.2, -0.15) is 5.10 Å². The van der Waals surface area contributed by atoms with Gasteiger partial charge in [-0.3, -0.25) is 9.10 Å². The lowest BCUT2D eigenvalue weighted by molar-refractivity contribution is -0.119. The van der Waals surface area contributed by atoms with E-state index < -0.39 is 22.5 Å². The van der Waals surface area contributed by atoms with E-state index in [4.69, 9.17) is 32.4 Å². The van der Waals surface area contributed by atoms with Crippen molar-refractivity contribution in [3.05, 3.63) is 100 Å². The highest BCUT2D eigenvalue weighted by Gasteiger charge is 2.29. The molecule has 11 heteroatoms. The maximum absolute atomic E-state index is 13.5. The van der Waals surface area contributed by atoms with Crippen LogP contribution in [0.4, 0.5) is 5.69 Å². The predicted octanol–water partition coefficient (Wildman–Crippen LogP) is 5.92. The van der Waals surface area contributed by atoms with E-state index in [9.17, 15) is 13.2 Å². The molecule has 4 rings (SSSR count). The highest BCUT2D eigenvalue weighted by Crippen LogP contribution is 2.33. The summed E-state index contributed by atoms with van der Waals surface area (Å²) in [6, 6.07) is 21.3. The molecule has 0 aliphatic heterocycles. The Morgan fingerprint density at radius 2 is 1.79 bits per heavy atom. The van der Waals surface area contributed by atoms with Crippen LogP contribution in [0.15, 0.2) is 93.3 Å². The zero-order valence-electron chi connectivity index (χ0n) is 20.4. The number of carbonyl (C=O) groups is 1. The van der Waals surface area contributed by atoms with Crippen molar-refractivity contribution in [2.45, 2.75) is 11.8 Å². The van der Waals surface area contributed by atoms with E-state index in [1.807, 2.05) is 6.92 Å². The van der Waals surface area contributed by atoms with Crippen LogP contribution in [-0.2, 0) is 14.8 Å². The SMILES string of the molecule is COc1ccccc1N(CC(=O)N/N=C\c1ccc(-c2ccc(Cl)cc2Cl)o1)S(=O)(=O)c1ccc(C)cc1. The van der Waals surface area contributed by atoms with Gasteiger partial charge in [-0.1, -0.05) is 53.0 Å². The summed E-state index contributed by atoms with van der Waals surface area (Å²) in [4.78, 5) is 12.9. The minimum atomic E-state index is -4.11. The van der Waals surface area contributed by atoms with Crippen molar-refractivity contribution in [3.8, 4) is 17.1 Å². The molecular weight excluding hydrogens is 549 g/mol. The number of sulfonamides is 1. The van der Waals surface area contributed by atoms with E-state index >= 15 is 0 Å². The van der Waals surface area contributed by atoms with Gasteiger partial charge in [-0.05, 0) is 61.5 Å². The number of para-hydroxylation sites is 2. The fraction of sp³-hybridized carbons (Fsp3) is 0.111. The van der Waals surface area contributed by atoms with Gasteiger partial charge in [0.25, 0.3) is 15.9 Å². The first-order chi connectivity index (χ1) is 18.2. The summed E-state index contributed by atoms with van der Waals surface area (Å²) in [6.07, 6.45) is 1.30. The number of nitrogens with one attached hydrogen (secondary N) is 1. The van der Waals surface area contributed by atoms with E-state index in [-0.39, 0.29) is 10.6 Å². The second-order valence-corrected chi connectivity index (χ2v) is 10.8. The third kappa shape index (κ3) is 6.19. The molecule has 3 aromatic carbocycles. The lowest BCUT2D eigenvalue weighted by atomic mass is 10.2. The molecule has 0 unspecified atom stereocenters. The minimum Gasteiger partial charge on any atom is -0.495 e. The summed E-state index contributed by atoms with van der Waals surface area (Å²) in [7, 11) is -2.68. The molecule has 0 aliphatic carbocycles. The second-order valence-electron chi connectivity index (χ2n) is 8.12. The second kappa shape index (κ2) is 11.7. The lowest BCUT2D eigenvalue weighted by Gasteiger charge is -2.25. The Labute approximate surface area is 230 Å². The summed E-state index contributed by atoms with van der Waals surface area (Å²) in [5, 5.41) is 4.84. The summed E-state index contributed by atoms with van der Waals surface area (Å²) in [5.41, 5.74) is 4.11. The monoisotopic (exact) mass is 571 g/mol. The van der Waals surface area contributed by atoms with Gasteiger partial charge in [0.05, 0.1) is 28.9 Å². The highest BCUT2D eigenvalue weighted by atomic mass is 35.5. The van der Waals surface area contributed by atoms with Gasteiger partial charge in [0.2, 0.25) is 0 Å². The Balaban J connectivity index is 1.53. The molecule has 0 fully saturated rings. The Bertz CT molecular complexity index is 1580. The molecule has 0 spiro atoms. The number of hydrogen-bond donors (Lipinski definition) is 1. The molecule has 0 aliphatic rings. The molecule has 38 heavy (non-hydrogen) atoms. The highest BCUT2D eigenvalue weighted by molar-refractivity contribution is 7.92. The molecule has 196 valence electrons. The van der Waals surface area contributed by atoms with Crippen LogP contribution in [0.2, 0.25) is 10.0 Å². The summed E-state index contributed by atoms with van der Waals surface area (Å²) in [6.45, 7) is 1.31. The number of amides is 1. The Morgan fingerprint density at radius 3 is 2.50 bits per heavy atom. The van der Waals surface area contributed by atoms with Gasteiger partial charge in [0.15, 0.2) is 0 Å². The average molecular weight is 572 g/mol. The molecule has 1 heterocycles. The van der Waals surface area contributed by atoms with E-state index in [0.29, 0.717) is 32.9 Å². The number of nitrogens with zero attached hydrogens (tertiary/aromatic N) is 2. The molecular formula is C27H23Cl2N3O5S. The van der Waals surface area contributed by atoms with E-state index in [1.54, 1.807) is 66.7 Å². The molecule has 0 saturated heterocycles. The zero-order chi connectivity index (χ0) is 27.3. The van der Waals surface area contributed by atoms with Gasteiger partial charge in [0, 0.05) is 10.6 Å². The van der Waals surface area contributed by atoms with Crippen molar-refractivity contribution < 1.29 is 22.4 Å². The molecule has 0 radical (unpaired) electrons. The first kappa shape index (κ1) is 27.3. The maximum atomic E-state index is 13.5. The van der Waals surface area contributed by atoms with Crippen molar-refractivity contribution >= 4 is 51.0 Å². The molecule has 8 nitrogen and oxygen atoms in total. The van der Waals surface area contributed by atoms with Crippen molar-refractivity contribution in [2.75, 3.05) is 18.0 Å². The number of rotatable bonds is 9. The summed E-state index contributed by atoms with van der Waals surface area (Å²) < 4.78 is 39.2. The number of furan rings is 1. The molecule has 4 aromatic rings. The summed E-state index contributed by atoms with van der Waals surface area (Å²) >= 11 is 12.2. The smallest absolute Gasteiger partial charge is 0.264 e. The predicted molar refractivity (Wildman–Crippen MR) is 149 cm³/mol. The number of benzene rings is 3. The van der Waals surface area contributed by atoms with Gasteiger partial charge in [0.1, 0.15) is 23.8 Å². The zero-order valence-corrected chi connectivity index (χ0v) is 22.7. The largest absolute Gasteiger partial charge is 0.495 e. The quantitative estimate of drug-likeness (QED) is 0.198. The average Bonchev–Trinajstić information content (AvgIpc) is 3.36. The van der Waals surface area contributed by atoms with Gasteiger partial charge in [-0.15, -0.1) is 0 Å². The van der Waals surface area contributed by atoms with Gasteiger partial charge in [-0.25, -0.2) is 13.8 Å². The number of halogens is 2. The van der Waals surface area contributed by atoms with Gasteiger partial charge < -0.3 is 9.15 Å². The first-order valence-corrected chi connectivity index (χ1v) is 13.5. The topological polar surface area (TPSA) is 101 Å². The van der Waals surface area contributed by atoms with E-state index in [0.717, 1.165) is 9.87 Å². The Kier molecular flexibility index (Phi) is 8.41. The molecule has 1 N–H and O–H groups in total. The molecule has 1 aromatic heterocycles. The lowest BCUT2D eigenvalue weighted by Crippen LogP contribution is -2.39. The number of hydrazone groups is 1. The Hall–Kier alpha value is -3.79. The number of hydrogen-bond acceptors (Lipinski definition) is 6. The molecule has 0 atom stereocenters. The minimum absolute atomic E-state index is 0.0364. The van der Waals surface area contributed by atoms with Crippen molar-refractivity contribution in [3.63, 3.8) is 0 Å². The van der Waals surface area contributed by atoms with Crippen LogP contribution in [0.3, 0.4) is 0 Å². The number of ether oxygens (including phenoxy) is 1. The third-order valence-corrected chi connectivity index (χ3v) is 7.78. The maximum Gasteiger partial charge on any atom is 0.264 e. The molecule has 0 bridgehead atoms. The van der Waals surface area contributed by atoms with Gasteiger partial charge >= 0.3 is 0 Å². The van der Waals surface area contributed by atoms with Crippen LogP contribution in [0.25, 0.3) is 11.3 Å². The standard InChI is InChI=1S/C27H23Cl2N3O5S/c1-18-7-11-21(12-8-18)38(34,35)32(24-5-3-4-6-26(24)36-2)17-27(33)31-30-16-20-10-14-25(37-20)22-13-9-19(28)15-23(22)29/h3-16H,17H2,1-2H3,(H,31,33)/b30-16-. The van der Waals surface area contributed by atoms with Crippen LogP contribution in [-0.4, -0.2) is 34.2 Å². The van der Waals surface area contributed by atoms with Crippen molar-refractivity contribution in [1.29, 1.82) is 0 Å². The van der Waals surface area contributed by atoms with E-state index in [2.05, 4.69) is 10.5 Å².